The van der Waals surface area contributed by atoms with Gasteiger partial charge in [0.05, 0.1) is 13.1 Å². The zero-order chi connectivity index (χ0) is 15.1. The Labute approximate surface area is 119 Å². The van der Waals surface area contributed by atoms with Crippen molar-refractivity contribution < 1.29 is 9.59 Å². The lowest BCUT2D eigenvalue weighted by Gasteiger charge is -2.22. The van der Waals surface area contributed by atoms with Gasteiger partial charge in [-0.1, -0.05) is 13.8 Å². The van der Waals surface area contributed by atoms with Gasteiger partial charge in [0.25, 0.3) is 0 Å². The number of carbonyl (C=O) groups excluding carboxylic acids is 2. The van der Waals surface area contributed by atoms with Crippen LogP contribution in [0.1, 0.15) is 13.8 Å². The Bertz CT molecular complexity index is 457. The molecular weight excluding hydrogens is 256 g/mol. The minimum atomic E-state index is -0.439. The Hall–Kier alpha value is -2.08. The largest absolute Gasteiger partial charge is 0.399 e. The molecule has 0 radical (unpaired) electrons. The molecule has 1 aromatic rings. The zero-order valence-electron chi connectivity index (χ0n) is 11.9. The summed E-state index contributed by atoms with van der Waals surface area (Å²) in [7, 11) is 0. The van der Waals surface area contributed by atoms with E-state index in [0.717, 1.165) is 0 Å². The molecule has 6 heteroatoms. The average Bonchev–Trinajstić information content (AvgIpc) is 2.30. The first-order valence-corrected chi connectivity index (χ1v) is 6.53. The van der Waals surface area contributed by atoms with Crippen molar-refractivity contribution in [2.75, 3.05) is 30.7 Å². The number of carbonyl (C=O) groups is 2. The fourth-order valence-corrected chi connectivity index (χ4v) is 1.89. The Kier molecular flexibility index (Phi) is 5.99. The summed E-state index contributed by atoms with van der Waals surface area (Å²) in [6.07, 6.45) is 0. The van der Waals surface area contributed by atoms with Crippen LogP contribution in [0.25, 0.3) is 0 Å². The second-order valence-corrected chi connectivity index (χ2v) is 5.20. The van der Waals surface area contributed by atoms with Gasteiger partial charge in [0.15, 0.2) is 0 Å². The molecule has 0 heterocycles. The summed E-state index contributed by atoms with van der Waals surface area (Å²) >= 11 is 0. The van der Waals surface area contributed by atoms with Crippen molar-refractivity contribution in [2.24, 2.45) is 11.7 Å². The Morgan fingerprint density at radius 3 is 2.30 bits per heavy atom. The van der Waals surface area contributed by atoms with Gasteiger partial charge in [-0.2, -0.15) is 0 Å². The highest BCUT2D eigenvalue weighted by molar-refractivity contribution is 5.92. The molecule has 2 amide bonds. The summed E-state index contributed by atoms with van der Waals surface area (Å²) in [6, 6.07) is 6.89. The normalized spacial score (nSPS) is 10.8. The van der Waals surface area contributed by atoms with Crippen molar-refractivity contribution in [3.05, 3.63) is 24.3 Å². The van der Waals surface area contributed by atoms with E-state index < -0.39 is 5.91 Å². The molecule has 1 aromatic carbocycles. The third-order valence-electron chi connectivity index (χ3n) is 2.56. The number of amides is 2. The summed E-state index contributed by atoms with van der Waals surface area (Å²) in [5.74, 6) is -0.277. The molecule has 0 atom stereocenters. The van der Waals surface area contributed by atoms with Crippen molar-refractivity contribution in [3.63, 3.8) is 0 Å². The predicted octanol–water partition coefficient (Wildman–Crippen LogP) is 0.651. The maximum Gasteiger partial charge on any atom is 0.238 e. The molecule has 20 heavy (non-hydrogen) atoms. The monoisotopic (exact) mass is 278 g/mol. The molecule has 1 rings (SSSR count). The van der Waals surface area contributed by atoms with Gasteiger partial charge in [0.2, 0.25) is 11.8 Å². The summed E-state index contributed by atoms with van der Waals surface area (Å²) in [4.78, 5) is 24.7. The van der Waals surface area contributed by atoms with Crippen molar-refractivity contribution in [1.29, 1.82) is 0 Å². The minimum Gasteiger partial charge on any atom is -0.399 e. The van der Waals surface area contributed by atoms with E-state index in [-0.39, 0.29) is 19.0 Å². The third kappa shape index (κ3) is 6.19. The lowest BCUT2D eigenvalue weighted by atomic mass is 10.2. The van der Waals surface area contributed by atoms with Crippen molar-refractivity contribution >= 4 is 23.2 Å². The standard InChI is InChI=1S/C14H22N4O2/c1-10(2)7-18(8-13(16)19)9-14(20)17-12-5-3-11(15)4-6-12/h3-6,10H,7-9,15H2,1-2H3,(H2,16,19)(H,17,20). The molecule has 0 unspecified atom stereocenters. The van der Waals surface area contributed by atoms with Gasteiger partial charge >= 0.3 is 0 Å². The molecule has 0 saturated carbocycles. The Morgan fingerprint density at radius 1 is 1.20 bits per heavy atom. The van der Waals surface area contributed by atoms with Gasteiger partial charge in [-0.3, -0.25) is 14.5 Å². The first-order chi connectivity index (χ1) is 9.36. The SMILES string of the molecule is CC(C)CN(CC(N)=O)CC(=O)Nc1ccc(N)cc1. The molecule has 0 fully saturated rings. The molecule has 110 valence electrons. The third-order valence-corrected chi connectivity index (χ3v) is 2.56. The molecule has 0 aliphatic rings. The van der Waals surface area contributed by atoms with Crippen LogP contribution in [0.15, 0.2) is 24.3 Å². The molecule has 0 saturated heterocycles. The smallest absolute Gasteiger partial charge is 0.238 e. The zero-order valence-corrected chi connectivity index (χ0v) is 11.9. The number of primary amides is 1. The number of nitrogens with one attached hydrogen (secondary N) is 1. The fourth-order valence-electron chi connectivity index (χ4n) is 1.89. The van der Waals surface area contributed by atoms with Gasteiger partial charge in [0.1, 0.15) is 0 Å². The number of benzene rings is 1. The summed E-state index contributed by atoms with van der Waals surface area (Å²) < 4.78 is 0. The number of hydrogen-bond donors (Lipinski definition) is 3. The van der Waals surface area contributed by atoms with E-state index in [9.17, 15) is 9.59 Å². The fraction of sp³-hybridized carbons (Fsp3) is 0.429. The van der Waals surface area contributed by atoms with Crippen LogP contribution >= 0.6 is 0 Å². The van der Waals surface area contributed by atoms with Crippen LogP contribution < -0.4 is 16.8 Å². The summed E-state index contributed by atoms with van der Waals surface area (Å²) in [6.45, 7) is 4.88. The highest BCUT2D eigenvalue weighted by atomic mass is 16.2. The highest BCUT2D eigenvalue weighted by Gasteiger charge is 2.14. The molecule has 0 aromatic heterocycles. The average molecular weight is 278 g/mol. The van der Waals surface area contributed by atoms with Gasteiger partial charge in [-0.15, -0.1) is 0 Å². The van der Waals surface area contributed by atoms with E-state index in [2.05, 4.69) is 5.32 Å². The van der Waals surface area contributed by atoms with E-state index in [4.69, 9.17) is 11.5 Å². The minimum absolute atomic E-state index is 0.0767. The van der Waals surface area contributed by atoms with Crippen LogP contribution in [-0.2, 0) is 9.59 Å². The molecular formula is C14H22N4O2. The molecule has 6 nitrogen and oxygen atoms in total. The number of hydrogen-bond acceptors (Lipinski definition) is 4. The number of nitrogen functional groups attached to an aromatic ring is 1. The van der Waals surface area contributed by atoms with E-state index in [0.29, 0.717) is 23.8 Å². The van der Waals surface area contributed by atoms with Crippen molar-refractivity contribution in [1.82, 2.24) is 4.90 Å². The maximum absolute atomic E-state index is 11.9. The van der Waals surface area contributed by atoms with Gasteiger partial charge in [-0.05, 0) is 30.2 Å². The van der Waals surface area contributed by atoms with Crippen molar-refractivity contribution in [2.45, 2.75) is 13.8 Å². The molecule has 0 spiro atoms. The van der Waals surface area contributed by atoms with E-state index in [1.807, 2.05) is 13.8 Å². The quantitative estimate of drug-likeness (QED) is 0.637. The number of nitrogens with two attached hydrogens (primary N) is 2. The van der Waals surface area contributed by atoms with Gasteiger partial charge in [0, 0.05) is 17.9 Å². The molecule has 0 aliphatic carbocycles. The Balaban J connectivity index is 2.56. The van der Waals surface area contributed by atoms with Crippen LogP contribution in [0.5, 0.6) is 0 Å². The molecule has 0 aliphatic heterocycles. The number of nitrogens with zero attached hydrogens (tertiary/aromatic N) is 1. The van der Waals surface area contributed by atoms with E-state index in [1.165, 1.54) is 0 Å². The van der Waals surface area contributed by atoms with Crippen LogP contribution in [0.3, 0.4) is 0 Å². The Morgan fingerprint density at radius 2 is 1.80 bits per heavy atom. The number of rotatable bonds is 7. The lowest BCUT2D eigenvalue weighted by molar-refractivity contribution is -0.121. The maximum atomic E-state index is 11.9. The second-order valence-electron chi connectivity index (χ2n) is 5.20. The molecule has 0 bridgehead atoms. The van der Waals surface area contributed by atoms with Gasteiger partial charge in [-0.25, -0.2) is 0 Å². The van der Waals surface area contributed by atoms with E-state index >= 15 is 0 Å². The first-order valence-electron chi connectivity index (χ1n) is 6.53. The van der Waals surface area contributed by atoms with E-state index in [1.54, 1.807) is 29.2 Å². The van der Waals surface area contributed by atoms with Crippen LogP contribution in [0, 0.1) is 5.92 Å². The van der Waals surface area contributed by atoms with Crippen LogP contribution in [0.2, 0.25) is 0 Å². The lowest BCUT2D eigenvalue weighted by Crippen LogP contribution is -2.41. The number of anilines is 2. The van der Waals surface area contributed by atoms with Crippen LogP contribution in [-0.4, -0.2) is 36.3 Å². The topological polar surface area (TPSA) is 101 Å². The second kappa shape index (κ2) is 7.49. The molecule has 5 N–H and O–H groups in total. The van der Waals surface area contributed by atoms with Crippen LogP contribution in [0.4, 0.5) is 11.4 Å². The highest BCUT2D eigenvalue weighted by Crippen LogP contribution is 2.10. The van der Waals surface area contributed by atoms with Gasteiger partial charge < -0.3 is 16.8 Å². The summed E-state index contributed by atoms with van der Waals surface area (Å²) in [5, 5.41) is 2.76. The predicted molar refractivity (Wildman–Crippen MR) is 80.0 cm³/mol. The van der Waals surface area contributed by atoms with Crippen molar-refractivity contribution in [3.8, 4) is 0 Å². The summed E-state index contributed by atoms with van der Waals surface area (Å²) in [5.41, 5.74) is 12.1. The first kappa shape index (κ1) is 16.0.